The summed E-state index contributed by atoms with van der Waals surface area (Å²) in [5.74, 6) is 0.792. The van der Waals surface area contributed by atoms with Crippen LogP contribution in [0.1, 0.15) is 0 Å². The average molecular weight is 306 g/mol. The van der Waals surface area contributed by atoms with Gasteiger partial charge in [-0.3, -0.25) is 0 Å². The fourth-order valence-corrected chi connectivity index (χ4v) is 2.12. The Labute approximate surface area is 125 Å². The summed E-state index contributed by atoms with van der Waals surface area (Å²) in [6, 6.07) is 10.6. The van der Waals surface area contributed by atoms with Gasteiger partial charge in [-0.15, -0.1) is 0 Å². The van der Waals surface area contributed by atoms with Crippen LogP contribution in [0, 0.1) is 0 Å². The highest BCUT2D eigenvalue weighted by molar-refractivity contribution is 6.42. The lowest BCUT2D eigenvalue weighted by Gasteiger charge is -2.05. The van der Waals surface area contributed by atoms with Gasteiger partial charge in [0, 0.05) is 5.56 Å². The zero-order chi connectivity index (χ0) is 14.1. The van der Waals surface area contributed by atoms with Crippen molar-refractivity contribution in [3.63, 3.8) is 0 Å². The number of aromatic nitrogens is 2. The van der Waals surface area contributed by atoms with E-state index in [4.69, 9.17) is 33.4 Å². The molecule has 0 spiro atoms. The van der Waals surface area contributed by atoms with Crippen molar-refractivity contribution in [1.82, 2.24) is 9.97 Å². The first-order valence-corrected chi connectivity index (χ1v) is 6.53. The predicted molar refractivity (Wildman–Crippen MR) is 79.6 cm³/mol. The molecule has 6 heteroatoms. The molecule has 0 amide bonds. The summed E-state index contributed by atoms with van der Waals surface area (Å²) < 4.78 is 5.32. The van der Waals surface area contributed by atoms with Crippen LogP contribution in [0.2, 0.25) is 10.0 Å². The Hall–Kier alpha value is -2.04. The first-order chi connectivity index (χ1) is 9.63. The van der Waals surface area contributed by atoms with Crippen LogP contribution < -0.4 is 5.73 Å². The molecule has 0 unspecified atom stereocenters. The highest BCUT2D eigenvalue weighted by Gasteiger charge is 2.10. The fraction of sp³-hybridized carbons (Fsp3) is 0. The van der Waals surface area contributed by atoms with Gasteiger partial charge in [0.05, 0.1) is 22.0 Å². The zero-order valence-corrected chi connectivity index (χ0v) is 11.7. The third-order valence-electron chi connectivity index (χ3n) is 2.73. The number of rotatable bonds is 2. The van der Waals surface area contributed by atoms with Gasteiger partial charge in [-0.1, -0.05) is 29.3 Å². The van der Waals surface area contributed by atoms with E-state index in [-0.39, 0.29) is 5.95 Å². The van der Waals surface area contributed by atoms with Crippen molar-refractivity contribution in [2.24, 2.45) is 0 Å². The zero-order valence-electron chi connectivity index (χ0n) is 10.2. The number of benzene rings is 1. The SMILES string of the molecule is Nc1nc(-c2ccc(Cl)c(Cl)c2)cc(-c2ccco2)n1. The summed E-state index contributed by atoms with van der Waals surface area (Å²) >= 11 is 11.9. The predicted octanol–water partition coefficient (Wildman–Crippen LogP) is 4.29. The Balaban J connectivity index is 2.12. The highest BCUT2D eigenvalue weighted by Crippen LogP contribution is 2.29. The molecule has 0 radical (unpaired) electrons. The molecule has 1 aromatic carbocycles. The van der Waals surface area contributed by atoms with Crippen molar-refractivity contribution < 1.29 is 4.42 Å². The number of nitrogens with zero attached hydrogens (tertiary/aromatic N) is 2. The van der Waals surface area contributed by atoms with Gasteiger partial charge in [-0.05, 0) is 30.3 Å². The Kier molecular flexibility index (Phi) is 3.34. The first kappa shape index (κ1) is 13.0. The smallest absolute Gasteiger partial charge is 0.221 e. The lowest BCUT2D eigenvalue weighted by atomic mass is 10.1. The Bertz CT molecular complexity index is 757. The quantitative estimate of drug-likeness (QED) is 0.767. The van der Waals surface area contributed by atoms with Gasteiger partial charge < -0.3 is 10.2 Å². The summed E-state index contributed by atoms with van der Waals surface area (Å²) in [7, 11) is 0. The highest BCUT2D eigenvalue weighted by atomic mass is 35.5. The molecule has 20 heavy (non-hydrogen) atoms. The molecular weight excluding hydrogens is 297 g/mol. The number of hydrogen-bond donors (Lipinski definition) is 1. The number of nitrogens with two attached hydrogens (primary N) is 1. The van der Waals surface area contributed by atoms with Gasteiger partial charge >= 0.3 is 0 Å². The lowest BCUT2D eigenvalue weighted by Crippen LogP contribution is -1.98. The molecule has 2 heterocycles. The van der Waals surface area contributed by atoms with Gasteiger partial charge in [0.2, 0.25) is 5.95 Å². The first-order valence-electron chi connectivity index (χ1n) is 5.77. The number of halogens is 2. The van der Waals surface area contributed by atoms with Crippen molar-refractivity contribution in [2.45, 2.75) is 0 Å². The molecule has 2 aromatic heterocycles. The van der Waals surface area contributed by atoms with Crippen LogP contribution in [0.15, 0.2) is 47.1 Å². The third kappa shape index (κ3) is 2.48. The topological polar surface area (TPSA) is 64.9 Å². The monoisotopic (exact) mass is 305 g/mol. The molecule has 0 atom stereocenters. The molecule has 4 nitrogen and oxygen atoms in total. The van der Waals surface area contributed by atoms with E-state index < -0.39 is 0 Å². The molecule has 3 aromatic rings. The third-order valence-corrected chi connectivity index (χ3v) is 3.47. The number of hydrogen-bond acceptors (Lipinski definition) is 4. The summed E-state index contributed by atoms with van der Waals surface area (Å²) in [6.45, 7) is 0. The fourth-order valence-electron chi connectivity index (χ4n) is 1.82. The van der Waals surface area contributed by atoms with E-state index in [0.717, 1.165) is 5.56 Å². The standard InChI is InChI=1S/C14H9Cl2N3O/c15-9-4-3-8(6-10(9)16)11-7-12(19-14(17)18-11)13-2-1-5-20-13/h1-7H,(H2,17,18,19). The van der Waals surface area contributed by atoms with Crippen molar-refractivity contribution in [2.75, 3.05) is 5.73 Å². The summed E-state index contributed by atoms with van der Waals surface area (Å²) in [6.07, 6.45) is 1.58. The van der Waals surface area contributed by atoms with Crippen LogP contribution in [0.25, 0.3) is 22.7 Å². The van der Waals surface area contributed by atoms with Gasteiger partial charge in [-0.2, -0.15) is 0 Å². The molecule has 0 saturated heterocycles. The van der Waals surface area contributed by atoms with E-state index in [1.807, 2.05) is 6.07 Å². The number of nitrogen functional groups attached to an aromatic ring is 1. The van der Waals surface area contributed by atoms with Crippen LogP contribution in [-0.4, -0.2) is 9.97 Å². The van der Waals surface area contributed by atoms with E-state index in [9.17, 15) is 0 Å². The summed E-state index contributed by atoms with van der Waals surface area (Å²) in [5.41, 5.74) is 7.82. The van der Waals surface area contributed by atoms with E-state index in [1.165, 1.54) is 0 Å². The van der Waals surface area contributed by atoms with Crippen LogP contribution in [0.3, 0.4) is 0 Å². The van der Waals surface area contributed by atoms with Crippen LogP contribution in [-0.2, 0) is 0 Å². The molecule has 0 aliphatic heterocycles. The second kappa shape index (κ2) is 5.15. The van der Waals surface area contributed by atoms with E-state index in [1.54, 1.807) is 36.6 Å². The van der Waals surface area contributed by atoms with E-state index >= 15 is 0 Å². The molecule has 3 rings (SSSR count). The molecule has 0 saturated carbocycles. The molecule has 0 fully saturated rings. The lowest BCUT2D eigenvalue weighted by molar-refractivity contribution is 0.580. The van der Waals surface area contributed by atoms with Crippen molar-refractivity contribution in [1.29, 1.82) is 0 Å². The average Bonchev–Trinajstić information content (AvgIpc) is 2.95. The van der Waals surface area contributed by atoms with Crippen LogP contribution in [0.4, 0.5) is 5.95 Å². The second-order valence-electron chi connectivity index (χ2n) is 4.10. The molecule has 2 N–H and O–H groups in total. The van der Waals surface area contributed by atoms with Gasteiger partial charge in [0.15, 0.2) is 5.76 Å². The number of anilines is 1. The summed E-state index contributed by atoms with van der Waals surface area (Å²) in [5, 5.41) is 0.949. The van der Waals surface area contributed by atoms with Gasteiger partial charge in [-0.25, -0.2) is 9.97 Å². The molecule has 100 valence electrons. The summed E-state index contributed by atoms with van der Waals surface area (Å²) in [4.78, 5) is 8.36. The van der Waals surface area contributed by atoms with Gasteiger partial charge in [0.25, 0.3) is 0 Å². The van der Waals surface area contributed by atoms with Crippen LogP contribution in [0.5, 0.6) is 0 Å². The largest absolute Gasteiger partial charge is 0.463 e. The van der Waals surface area contributed by atoms with E-state index in [0.29, 0.717) is 27.2 Å². The van der Waals surface area contributed by atoms with Crippen LogP contribution >= 0.6 is 23.2 Å². The molecular formula is C14H9Cl2N3O. The van der Waals surface area contributed by atoms with E-state index in [2.05, 4.69) is 9.97 Å². The van der Waals surface area contributed by atoms with Crippen molar-refractivity contribution >= 4 is 29.2 Å². The van der Waals surface area contributed by atoms with Crippen molar-refractivity contribution in [3.8, 4) is 22.7 Å². The molecule has 0 aliphatic rings. The minimum absolute atomic E-state index is 0.167. The van der Waals surface area contributed by atoms with Gasteiger partial charge in [0.1, 0.15) is 5.69 Å². The maximum absolute atomic E-state index is 6.02. The Morgan fingerprint density at radius 2 is 1.75 bits per heavy atom. The maximum atomic E-state index is 6.02. The minimum atomic E-state index is 0.167. The number of furan rings is 1. The molecule has 0 aliphatic carbocycles. The minimum Gasteiger partial charge on any atom is -0.463 e. The molecule has 0 bridgehead atoms. The Morgan fingerprint density at radius 1 is 0.950 bits per heavy atom. The maximum Gasteiger partial charge on any atom is 0.221 e. The Morgan fingerprint density at radius 3 is 2.45 bits per heavy atom. The van der Waals surface area contributed by atoms with Crippen molar-refractivity contribution in [3.05, 3.63) is 52.7 Å². The second-order valence-corrected chi connectivity index (χ2v) is 4.92. The normalized spacial score (nSPS) is 10.7.